The maximum atomic E-state index is 13.7. The SMILES string of the molecule is CC1=C(C(=O)Nc2ccccc2)C(c2ccccc2)n2c(s/c(=C/c3cnn(C)c3C)c2=O)=N1. The lowest BCUT2D eigenvalue weighted by atomic mass is 9.95. The highest BCUT2D eigenvalue weighted by molar-refractivity contribution is 7.07. The van der Waals surface area contributed by atoms with Gasteiger partial charge in [-0.25, -0.2) is 4.99 Å². The molecule has 0 aliphatic carbocycles. The first-order valence-corrected chi connectivity index (χ1v) is 11.7. The number of rotatable bonds is 4. The Balaban J connectivity index is 1.68. The predicted octanol–water partition coefficient (Wildman–Crippen LogP) is 2.92. The number of nitrogens with one attached hydrogen (secondary N) is 1. The maximum Gasteiger partial charge on any atom is 0.271 e. The van der Waals surface area contributed by atoms with E-state index in [9.17, 15) is 9.59 Å². The first-order chi connectivity index (χ1) is 16.4. The molecule has 1 amide bonds. The summed E-state index contributed by atoms with van der Waals surface area (Å²) in [6.07, 6.45) is 3.59. The molecular formula is C26H23N5O2S. The molecule has 7 nitrogen and oxygen atoms in total. The van der Waals surface area contributed by atoms with Crippen LogP contribution in [0.1, 0.15) is 29.8 Å². The van der Waals surface area contributed by atoms with Crippen molar-refractivity contribution in [3.8, 4) is 0 Å². The van der Waals surface area contributed by atoms with Crippen molar-refractivity contribution in [1.82, 2.24) is 14.3 Å². The summed E-state index contributed by atoms with van der Waals surface area (Å²) in [5, 5.41) is 7.23. The van der Waals surface area contributed by atoms with Crippen molar-refractivity contribution < 1.29 is 4.79 Å². The van der Waals surface area contributed by atoms with E-state index in [1.54, 1.807) is 15.4 Å². The van der Waals surface area contributed by atoms with E-state index in [1.807, 2.05) is 87.6 Å². The molecule has 1 atom stereocenters. The van der Waals surface area contributed by atoms with Crippen molar-refractivity contribution in [3.63, 3.8) is 0 Å². The Bertz CT molecular complexity index is 1590. The highest BCUT2D eigenvalue weighted by atomic mass is 32.1. The van der Waals surface area contributed by atoms with Gasteiger partial charge in [-0.05, 0) is 37.6 Å². The standard InChI is InChI=1S/C26H23N5O2S/c1-16-22(24(32)29-20-12-8-5-9-13-20)23(18-10-6-4-7-11-18)31-25(33)21(34-26(31)28-16)14-19-15-27-30(3)17(19)2/h4-15,23H,1-3H3,(H,29,32)/b21-14+. The highest BCUT2D eigenvalue weighted by Crippen LogP contribution is 2.30. The maximum absolute atomic E-state index is 13.7. The molecular weight excluding hydrogens is 446 g/mol. The summed E-state index contributed by atoms with van der Waals surface area (Å²) in [5.74, 6) is -0.279. The topological polar surface area (TPSA) is 81.3 Å². The van der Waals surface area contributed by atoms with E-state index in [-0.39, 0.29) is 11.5 Å². The van der Waals surface area contributed by atoms with Crippen LogP contribution >= 0.6 is 11.3 Å². The van der Waals surface area contributed by atoms with E-state index >= 15 is 0 Å². The van der Waals surface area contributed by atoms with Gasteiger partial charge in [0.1, 0.15) is 0 Å². The molecule has 0 fully saturated rings. The largest absolute Gasteiger partial charge is 0.322 e. The minimum atomic E-state index is -0.585. The number of amides is 1. The number of allylic oxidation sites excluding steroid dienone is 1. The van der Waals surface area contributed by atoms with Crippen molar-refractivity contribution >= 4 is 29.0 Å². The highest BCUT2D eigenvalue weighted by Gasteiger charge is 2.32. The average molecular weight is 470 g/mol. The van der Waals surface area contributed by atoms with Crippen LogP contribution in [0.15, 0.2) is 87.9 Å². The van der Waals surface area contributed by atoms with Crippen LogP contribution in [-0.4, -0.2) is 20.3 Å². The van der Waals surface area contributed by atoms with Crippen molar-refractivity contribution in [2.24, 2.45) is 12.0 Å². The Kier molecular flexibility index (Phi) is 5.59. The van der Waals surface area contributed by atoms with Crippen LogP contribution in [0.2, 0.25) is 0 Å². The Labute approximate surface area is 200 Å². The second-order valence-corrected chi connectivity index (χ2v) is 9.13. The summed E-state index contributed by atoms with van der Waals surface area (Å²) in [4.78, 5) is 32.4. The van der Waals surface area contributed by atoms with E-state index < -0.39 is 6.04 Å². The summed E-state index contributed by atoms with van der Waals surface area (Å²) in [5.41, 5.74) is 4.23. The molecule has 3 heterocycles. The van der Waals surface area contributed by atoms with Crippen LogP contribution in [0.3, 0.4) is 0 Å². The van der Waals surface area contributed by atoms with Crippen LogP contribution in [0.25, 0.3) is 6.08 Å². The smallest absolute Gasteiger partial charge is 0.271 e. The summed E-state index contributed by atoms with van der Waals surface area (Å²) in [7, 11) is 1.87. The Morgan fingerprint density at radius 2 is 1.74 bits per heavy atom. The van der Waals surface area contributed by atoms with E-state index in [0.717, 1.165) is 16.8 Å². The summed E-state index contributed by atoms with van der Waals surface area (Å²) in [6.45, 7) is 3.77. The molecule has 34 heavy (non-hydrogen) atoms. The first-order valence-electron chi connectivity index (χ1n) is 10.9. The number of anilines is 1. The molecule has 4 aromatic rings. The number of hydrogen-bond donors (Lipinski definition) is 1. The molecule has 0 radical (unpaired) electrons. The molecule has 8 heteroatoms. The van der Waals surface area contributed by atoms with Crippen LogP contribution in [0, 0.1) is 6.92 Å². The second-order valence-electron chi connectivity index (χ2n) is 8.12. The number of nitrogens with zero attached hydrogens (tertiary/aromatic N) is 4. The number of hydrogen-bond acceptors (Lipinski definition) is 5. The normalized spacial score (nSPS) is 15.7. The quantitative estimate of drug-likeness (QED) is 0.499. The van der Waals surface area contributed by atoms with Crippen LogP contribution in [0.4, 0.5) is 5.69 Å². The van der Waals surface area contributed by atoms with E-state index in [2.05, 4.69) is 15.4 Å². The number of para-hydroxylation sites is 1. The molecule has 0 saturated heterocycles. The third-order valence-corrected chi connectivity index (χ3v) is 6.96. The lowest BCUT2D eigenvalue weighted by molar-refractivity contribution is -0.113. The minimum absolute atomic E-state index is 0.182. The van der Waals surface area contributed by atoms with Crippen LogP contribution in [0.5, 0.6) is 0 Å². The van der Waals surface area contributed by atoms with E-state index in [1.165, 1.54) is 11.3 Å². The third kappa shape index (κ3) is 3.82. The molecule has 1 aliphatic heterocycles. The monoisotopic (exact) mass is 469 g/mol. The molecule has 170 valence electrons. The number of thiazole rings is 1. The lowest BCUT2D eigenvalue weighted by Crippen LogP contribution is -2.40. The second kappa shape index (κ2) is 8.72. The van der Waals surface area contributed by atoms with Gasteiger partial charge in [-0.1, -0.05) is 59.9 Å². The first kappa shape index (κ1) is 21.8. The van der Waals surface area contributed by atoms with Gasteiger partial charge >= 0.3 is 0 Å². The number of aromatic nitrogens is 3. The van der Waals surface area contributed by atoms with Gasteiger partial charge in [-0.15, -0.1) is 0 Å². The van der Waals surface area contributed by atoms with Gasteiger partial charge in [0.2, 0.25) is 0 Å². The number of benzene rings is 2. The number of carbonyl (C=O) groups excluding carboxylic acids is 1. The number of aryl methyl sites for hydroxylation is 1. The molecule has 2 aromatic carbocycles. The fourth-order valence-electron chi connectivity index (χ4n) is 4.08. The molecule has 0 saturated carbocycles. The molecule has 0 bridgehead atoms. The number of fused-ring (bicyclic) bond motifs is 1. The summed E-state index contributed by atoms with van der Waals surface area (Å²) >= 11 is 1.32. The van der Waals surface area contributed by atoms with Gasteiger partial charge in [0.05, 0.1) is 28.0 Å². The third-order valence-electron chi connectivity index (χ3n) is 5.97. The fraction of sp³-hybridized carbons (Fsp3) is 0.154. The van der Waals surface area contributed by atoms with Gasteiger partial charge in [-0.3, -0.25) is 18.8 Å². The zero-order chi connectivity index (χ0) is 23.8. The molecule has 2 aromatic heterocycles. The van der Waals surface area contributed by atoms with Gasteiger partial charge in [0.15, 0.2) is 4.80 Å². The predicted molar refractivity (Wildman–Crippen MR) is 133 cm³/mol. The molecule has 1 unspecified atom stereocenters. The zero-order valence-corrected chi connectivity index (χ0v) is 19.8. The summed E-state index contributed by atoms with van der Waals surface area (Å²) in [6, 6.07) is 18.3. The van der Waals surface area contributed by atoms with Gasteiger partial charge in [0, 0.05) is 24.0 Å². The summed E-state index contributed by atoms with van der Waals surface area (Å²) < 4.78 is 3.95. The number of carbonyl (C=O) groups is 1. The van der Waals surface area contributed by atoms with Crippen molar-refractivity contribution in [2.75, 3.05) is 5.32 Å². The minimum Gasteiger partial charge on any atom is -0.322 e. The lowest BCUT2D eigenvalue weighted by Gasteiger charge is -2.25. The Morgan fingerprint density at radius 3 is 2.38 bits per heavy atom. The molecule has 0 spiro atoms. The average Bonchev–Trinajstić information content (AvgIpc) is 3.32. The van der Waals surface area contributed by atoms with Gasteiger partial charge in [0.25, 0.3) is 11.5 Å². The van der Waals surface area contributed by atoms with Crippen molar-refractivity contribution in [3.05, 3.63) is 115 Å². The van der Waals surface area contributed by atoms with E-state index in [0.29, 0.717) is 26.3 Å². The Hall–Kier alpha value is -4.04. The van der Waals surface area contributed by atoms with E-state index in [4.69, 9.17) is 0 Å². The molecule has 1 N–H and O–H groups in total. The zero-order valence-electron chi connectivity index (χ0n) is 19.0. The van der Waals surface area contributed by atoms with Gasteiger partial charge < -0.3 is 5.32 Å². The fourth-order valence-corrected chi connectivity index (χ4v) is 5.12. The van der Waals surface area contributed by atoms with Crippen molar-refractivity contribution in [1.29, 1.82) is 0 Å². The van der Waals surface area contributed by atoms with Gasteiger partial charge in [-0.2, -0.15) is 5.10 Å². The van der Waals surface area contributed by atoms with Crippen molar-refractivity contribution in [2.45, 2.75) is 19.9 Å². The van der Waals surface area contributed by atoms with Crippen LogP contribution in [-0.2, 0) is 11.8 Å². The molecule has 1 aliphatic rings. The van der Waals surface area contributed by atoms with Crippen LogP contribution < -0.4 is 20.2 Å². The Morgan fingerprint density at radius 1 is 1.06 bits per heavy atom. The molecule has 5 rings (SSSR count).